The predicted octanol–water partition coefficient (Wildman–Crippen LogP) is 0.916. The van der Waals surface area contributed by atoms with Crippen LogP contribution in [0.15, 0.2) is 23.6 Å². The summed E-state index contributed by atoms with van der Waals surface area (Å²) in [7, 11) is 1.93. The van der Waals surface area contributed by atoms with E-state index in [4.69, 9.17) is 4.74 Å². The molecule has 0 aromatic heterocycles. The van der Waals surface area contributed by atoms with Crippen LogP contribution < -0.4 is 5.32 Å². The summed E-state index contributed by atoms with van der Waals surface area (Å²) in [6.07, 6.45) is 4.28. The molecule has 1 heterocycles. The molecule has 0 fully saturated rings. The summed E-state index contributed by atoms with van der Waals surface area (Å²) in [5.41, 5.74) is 0.964. The first-order valence-electron chi connectivity index (χ1n) is 5.78. The van der Waals surface area contributed by atoms with Crippen molar-refractivity contribution in [3.8, 4) is 0 Å². The number of ketones is 1. The number of nitrogens with one attached hydrogen (secondary N) is 1. The van der Waals surface area contributed by atoms with Crippen LogP contribution in [0.1, 0.15) is 12.8 Å². The fourth-order valence-electron chi connectivity index (χ4n) is 2.02. The molecule has 1 aliphatic carbocycles. The first-order valence-corrected chi connectivity index (χ1v) is 6.90. The molecule has 0 bridgehead atoms. The molecule has 1 aliphatic heterocycles. The Labute approximate surface area is 114 Å². The van der Waals surface area contributed by atoms with Gasteiger partial charge in [0.15, 0.2) is 12.0 Å². The molecular weight excluding hydrogens is 300 g/mol. The van der Waals surface area contributed by atoms with Crippen LogP contribution in [0.2, 0.25) is 0 Å². The number of allylic oxidation sites excluding steroid dienone is 3. The number of halogens is 1. The molecule has 1 N–H and O–H groups in total. The zero-order chi connectivity index (χ0) is 13.1. The van der Waals surface area contributed by atoms with Gasteiger partial charge in [-0.3, -0.25) is 9.59 Å². The van der Waals surface area contributed by atoms with E-state index in [2.05, 4.69) is 21.2 Å². The summed E-state index contributed by atoms with van der Waals surface area (Å²) in [5.74, 6) is 0.764. The van der Waals surface area contributed by atoms with E-state index in [1.807, 2.05) is 11.9 Å². The smallest absolute Gasteiger partial charge is 0.230 e. The average Bonchev–Trinajstić information content (AvgIpc) is 2.65. The SMILES string of the molecule is CN1C2=C(CC(=O)C=C2)OC1CCNC(=O)CBr. The summed E-state index contributed by atoms with van der Waals surface area (Å²) in [4.78, 5) is 24.4. The van der Waals surface area contributed by atoms with Crippen molar-refractivity contribution in [1.29, 1.82) is 0 Å². The van der Waals surface area contributed by atoms with E-state index in [1.54, 1.807) is 12.2 Å². The van der Waals surface area contributed by atoms with Crippen molar-refractivity contribution in [3.05, 3.63) is 23.6 Å². The average molecular weight is 315 g/mol. The van der Waals surface area contributed by atoms with Gasteiger partial charge in [-0.2, -0.15) is 0 Å². The molecule has 18 heavy (non-hydrogen) atoms. The van der Waals surface area contributed by atoms with E-state index in [-0.39, 0.29) is 17.9 Å². The van der Waals surface area contributed by atoms with Crippen LogP contribution in [0.25, 0.3) is 0 Å². The van der Waals surface area contributed by atoms with Gasteiger partial charge in [0.1, 0.15) is 5.76 Å². The molecule has 1 unspecified atom stereocenters. The lowest BCUT2D eigenvalue weighted by Crippen LogP contribution is -2.33. The summed E-state index contributed by atoms with van der Waals surface area (Å²) in [6, 6.07) is 0. The second-order valence-corrected chi connectivity index (χ2v) is 4.80. The van der Waals surface area contributed by atoms with E-state index >= 15 is 0 Å². The van der Waals surface area contributed by atoms with Gasteiger partial charge in [-0.1, -0.05) is 15.9 Å². The monoisotopic (exact) mass is 314 g/mol. The van der Waals surface area contributed by atoms with Gasteiger partial charge in [0, 0.05) is 20.0 Å². The van der Waals surface area contributed by atoms with Crippen molar-refractivity contribution in [1.82, 2.24) is 10.2 Å². The number of nitrogens with zero attached hydrogens (tertiary/aromatic N) is 1. The predicted molar refractivity (Wildman–Crippen MR) is 69.8 cm³/mol. The molecule has 0 spiro atoms. The molecule has 98 valence electrons. The molecule has 0 saturated carbocycles. The summed E-state index contributed by atoms with van der Waals surface area (Å²) < 4.78 is 5.73. The topological polar surface area (TPSA) is 58.6 Å². The Kier molecular flexibility index (Phi) is 4.06. The van der Waals surface area contributed by atoms with Crippen LogP contribution >= 0.6 is 15.9 Å². The number of hydrogen-bond acceptors (Lipinski definition) is 4. The lowest BCUT2D eigenvalue weighted by atomic mass is 10.1. The fraction of sp³-hybridized carbons (Fsp3) is 0.500. The van der Waals surface area contributed by atoms with E-state index in [0.717, 1.165) is 11.5 Å². The van der Waals surface area contributed by atoms with Crippen LogP contribution in [0.4, 0.5) is 0 Å². The number of amides is 1. The Hall–Kier alpha value is -1.30. The van der Waals surface area contributed by atoms with E-state index in [0.29, 0.717) is 24.7 Å². The third kappa shape index (κ3) is 2.75. The molecule has 2 aliphatic rings. The summed E-state index contributed by atoms with van der Waals surface area (Å²) in [5, 5.41) is 3.08. The maximum Gasteiger partial charge on any atom is 0.230 e. The van der Waals surface area contributed by atoms with Gasteiger partial charge in [0.2, 0.25) is 5.91 Å². The van der Waals surface area contributed by atoms with E-state index in [1.165, 1.54) is 0 Å². The number of alkyl halides is 1. The fourth-order valence-corrected chi connectivity index (χ4v) is 2.22. The van der Waals surface area contributed by atoms with Gasteiger partial charge in [-0.25, -0.2) is 0 Å². The molecule has 5 nitrogen and oxygen atoms in total. The minimum Gasteiger partial charge on any atom is -0.472 e. The second-order valence-electron chi connectivity index (χ2n) is 4.24. The molecule has 0 saturated heterocycles. The van der Waals surface area contributed by atoms with Crippen LogP contribution in [-0.4, -0.2) is 41.7 Å². The van der Waals surface area contributed by atoms with Crippen molar-refractivity contribution < 1.29 is 14.3 Å². The first-order chi connectivity index (χ1) is 8.61. The number of likely N-dealkylation sites (N-methyl/N-ethyl adjacent to an activating group) is 1. The Balaban J connectivity index is 1.86. The Bertz CT molecular complexity index is 431. The largest absolute Gasteiger partial charge is 0.472 e. The minimum absolute atomic E-state index is 0.0385. The van der Waals surface area contributed by atoms with Crippen molar-refractivity contribution in [2.24, 2.45) is 0 Å². The van der Waals surface area contributed by atoms with Crippen LogP contribution in [0, 0.1) is 0 Å². The molecule has 1 atom stereocenters. The molecule has 2 rings (SSSR count). The maximum absolute atomic E-state index is 11.3. The van der Waals surface area contributed by atoms with Gasteiger partial charge < -0.3 is 15.0 Å². The zero-order valence-electron chi connectivity index (χ0n) is 10.1. The number of rotatable bonds is 4. The quantitative estimate of drug-likeness (QED) is 0.784. The number of carbonyl (C=O) groups is 2. The number of hydrogen-bond donors (Lipinski definition) is 1. The number of ether oxygens (including phenoxy) is 1. The minimum atomic E-state index is -0.110. The highest BCUT2D eigenvalue weighted by molar-refractivity contribution is 9.09. The van der Waals surface area contributed by atoms with Crippen LogP contribution in [0.5, 0.6) is 0 Å². The highest BCUT2D eigenvalue weighted by atomic mass is 79.9. The molecule has 0 aromatic carbocycles. The Morgan fingerprint density at radius 1 is 1.61 bits per heavy atom. The number of carbonyl (C=O) groups excluding carboxylic acids is 2. The molecule has 6 heteroatoms. The highest BCUT2D eigenvalue weighted by Gasteiger charge is 2.31. The van der Waals surface area contributed by atoms with Crippen LogP contribution in [-0.2, 0) is 14.3 Å². The lowest BCUT2D eigenvalue weighted by molar-refractivity contribution is -0.118. The van der Waals surface area contributed by atoms with E-state index in [9.17, 15) is 9.59 Å². The first kappa shape index (κ1) is 13.1. The zero-order valence-corrected chi connectivity index (χ0v) is 11.7. The van der Waals surface area contributed by atoms with Gasteiger partial charge in [-0.05, 0) is 12.2 Å². The van der Waals surface area contributed by atoms with Crippen molar-refractivity contribution in [2.75, 3.05) is 18.9 Å². The summed E-state index contributed by atoms with van der Waals surface area (Å²) >= 11 is 3.09. The maximum atomic E-state index is 11.3. The Morgan fingerprint density at radius 2 is 2.39 bits per heavy atom. The molecule has 1 amide bonds. The van der Waals surface area contributed by atoms with Crippen LogP contribution in [0.3, 0.4) is 0 Å². The summed E-state index contributed by atoms with van der Waals surface area (Å²) in [6.45, 7) is 0.553. The van der Waals surface area contributed by atoms with Gasteiger partial charge in [0.25, 0.3) is 0 Å². The van der Waals surface area contributed by atoms with Gasteiger partial charge >= 0.3 is 0 Å². The van der Waals surface area contributed by atoms with Crippen molar-refractivity contribution >= 4 is 27.6 Å². The molecular formula is C12H15BrN2O3. The normalized spacial score (nSPS) is 22.0. The second kappa shape index (κ2) is 5.56. The lowest BCUT2D eigenvalue weighted by Gasteiger charge is -2.21. The highest BCUT2D eigenvalue weighted by Crippen LogP contribution is 2.31. The van der Waals surface area contributed by atoms with Gasteiger partial charge in [-0.15, -0.1) is 0 Å². The molecule has 0 radical (unpaired) electrons. The van der Waals surface area contributed by atoms with E-state index < -0.39 is 0 Å². The van der Waals surface area contributed by atoms with Crippen molar-refractivity contribution in [2.45, 2.75) is 19.1 Å². The Morgan fingerprint density at radius 3 is 3.11 bits per heavy atom. The molecule has 0 aromatic rings. The third-order valence-corrected chi connectivity index (χ3v) is 3.48. The third-order valence-electron chi connectivity index (χ3n) is 2.97. The van der Waals surface area contributed by atoms with Gasteiger partial charge in [0.05, 0.1) is 17.4 Å². The van der Waals surface area contributed by atoms with Crippen molar-refractivity contribution in [3.63, 3.8) is 0 Å². The standard InChI is InChI=1S/C12H15BrN2O3/c1-15-9-3-2-8(16)6-10(9)18-12(15)4-5-14-11(17)7-13/h2-3,12H,4-7H2,1H3,(H,14,17).